The first-order chi connectivity index (χ1) is 6.93. The summed E-state index contributed by atoms with van der Waals surface area (Å²) < 4.78 is 0. The first kappa shape index (κ1) is 11.6. The molecule has 2 heteroatoms. The normalized spacial score (nSPS) is 10.4. The Hall–Kier alpha value is -0.470. The number of nitrogens with one attached hydrogen (secondary N) is 1. The van der Waals surface area contributed by atoms with Gasteiger partial charge >= 0.3 is 0 Å². The van der Waals surface area contributed by atoms with E-state index in [0.29, 0.717) is 0 Å². The van der Waals surface area contributed by atoms with E-state index in [4.69, 9.17) is 0 Å². The Balaban J connectivity index is 1.99. The van der Waals surface area contributed by atoms with Crippen molar-refractivity contribution in [1.29, 1.82) is 0 Å². The van der Waals surface area contributed by atoms with Crippen molar-refractivity contribution in [2.45, 2.75) is 12.8 Å². The van der Waals surface area contributed by atoms with Crippen LogP contribution >= 0.6 is 11.8 Å². The largest absolute Gasteiger partial charge is 0.316 e. The number of thioether (sulfide) groups is 1. The standard InChI is InChI=1S/C12H19NS/c1-14-11-10-13-9-5-8-12-6-3-2-4-7-12/h2-4,6-7,13H,5,8-11H2,1H3. The van der Waals surface area contributed by atoms with Crippen LogP contribution < -0.4 is 5.32 Å². The topological polar surface area (TPSA) is 12.0 Å². The van der Waals surface area contributed by atoms with Gasteiger partial charge in [-0.25, -0.2) is 0 Å². The number of hydrogen-bond acceptors (Lipinski definition) is 2. The maximum atomic E-state index is 3.44. The fraction of sp³-hybridized carbons (Fsp3) is 0.500. The molecule has 0 aromatic heterocycles. The smallest absolute Gasteiger partial charge is 0.00553 e. The summed E-state index contributed by atoms with van der Waals surface area (Å²) in [4.78, 5) is 0. The number of benzene rings is 1. The number of hydrogen-bond donors (Lipinski definition) is 1. The minimum Gasteiger partial charge on any atom is -0.316 e. The second-order valence-corrected chi connectivity index (χ2v) is 4.32. The maximum Gasteiger partial charge on any atom is 0.00553 e. The van der Waals surface area contributed by atoms with Crippen molar-refractivity contribution in [3.63, 3.8) is 0 Å². The highest BCUT2D eigenvalue weighted by Gasteiger charge is 1.91. The molecule has 0 saturated heterocycles. The van der Waals surface area contributed by atoms with Gasteiger partial charge in [-0.05, 0) is 31.2 Å². The van der Waals surface area contributed by atoms with E-state index in [1.54, 1.807) is 0 Å². The quantitative estimate of drug-likeness (QED) is 0.693. The van der Waals surface area contributed by atoms with E-state index in [-0.39, 0.29) is 0 Å². The molecule has 14 heavy (non-hydrogen) atoms. The molecule has 0 radical (unpaired) electrons. The van der Waals surface area contributed by atoms with Crippen LogP contribution in [0, 0.1) is 0 Å². The molecule has 0 atom stereocenters. The third-order valence-electron chi connectivity index (χ3n) is 2.14. The summed E-state index contributed by atoms with van der Waals surface area (Å²) in [7, 11) is 0. The van der Waals surface area contributed by atoms with E-state index in [1.807, 2.05) is 11.8 Å². The van der Waals surface area contributed by atoms with Crippen LogP contribution in [0.25, 0.3) is 0 Å². The minimum absolute atomic E-state index is 1.13. The highest BCUT2D eigenvalue weighted by atomic mass is 32.2. The highest BCUT2D eigenvalue weighted by Crippen LogP contribution is 2.01. The van der Waals surface area contributed by atoms with E-state index in [2.05, 4.69) is 41.9 Å². The maximum absolute atomic E-state index is 3.44. The molecule has 1 N–H and O–H groups in total. The molecule has 1 aromatic carbocycles. The molecule has 78 valence electrons. The third kappa shape index (κ3) is 5.30. The molecule has 0 heterocycles. The van der Waals surface area contributed by atoms with Crippen LogP contribution in [0.4, 0.5) is 0 Å². The summed E-state index contributed by atoms with van der Waals surface area (Å²) in [6, 6.07) is 10.7. The van der Waals surface area contributed by atoms with Crippen molar-refractivity contribution in [3.05, 3.63) is 35.9 Å². The van der Waals surface area contributed by atoms with E-state index >= 15 is 0 Å². The van der Waals surface area contributed by atoms with Crippen LogP contribution in [0.1, 0.15) is 12.0 Å². The van der Waals surface area contributed by atoms with Gasteiger partial charge in [0.25, 0.3) is 0 Å². The second kappa shape index (κ2) is 7.89. The van der Waals surface area contributed by atoms with E-state index < -0.39 is 0 Å². The van der Waals surface area contributed by atoms with Crippen LogP contribution in [-0.4, -0.2) is 25.1 Å². The molecule has 0 unspecified atom stereocenters. The first-order valence-electron chi connectivity index (χ1n) is 5.17. The summed E-state index contributed by atoms with van der Waals surface area (Å²) in [6.45, 7) is 2.27. The predicted molar refractivity (Wildman–Crippen MR) is 66.0 cm³/mol. The summed E-state index contributed by atoms with van der Waals surface area (Å²) in [6.07, 6.45) is 4.57. The Morgan fingerprint density at radius 2 is 1.93 bits per heavy atom. The lowest BCUT2D eigenvalue weighted by Gasteiger charge is -2.03. The van der Waals surface area contributed by atoms with Crippen molar-refractivity contribution >= 4 is 11.8 Å². The van der Waals surface area contributed by atoms with Gasteiger partial charge in [-0.3, -0.25) is 0 Å². The average molecular weight is 209 g/mol. The summed E-state index contributed by atoms with van der Waals surface area (Å²) in [5.74, 6) is 1.21. The molecule has 0 saturated carbocycles. The highest BCUT2D eigenvalue weighted by molar-refractivity contribution is 7.98. The van der Waals surface area contributed by atoms with Gasteiger partial charge in [0.2, 0.25) is 0 Å². The molecule has 0 bridgehead atoms. The van der Waals surface area contributed by atoms with Gasteiger partial charge < -0.3 is 5.32 Å². The zero-order valence-electron chi connectivity index (χ0n) is 8.83. The van der Waals surface area contributed by atoms with Crippen LogP contribution in [0.2, 0.25) is 0 Å². The zero-order chi connectivity index (χ0) is 10.1. The Morgan fingerprint density at radius 1 is 1.14 bits per heavy atom. The predicted octanol–water partition coefficient (Wildman–Crippen LogP) is 2.57. The molecule has 1 nitrogen and oxygen atoms in total. The summed E-state index contributed by atoms with van der Waals surface area (Å²) in [5, 5.41) is 3.44. The van der Waals surface area contributed by atoms with Crippen LogP contribution in [-0.2, 0) is 6.42 Å². The Bertz CT molecular complexity index is 223. The molecule has 0 spiro atoms. The van der Waals surface area contributed by atoms with Crippen LogP contribution in [0.3, 0.4) is 0 Å². The lowest BCUT2D eigenvalue weighted by atomic mass is 10.1. The Kier molecular flexibility index (Phi) is 6.54. The van der Waals surface area contributed by atoms with Gasteiger partial charge in [0, 0.05) is 12.3 Å². The monoisotopic (exact) mass is 209 g/mol. The molecule has 0 aliphatic carbocycles. The molecule has 0 fully saturated rings. The van der Waals surface area contributed by atoms with Crippen molar-refractivity contribution in [1.82, 2.24) is 5.32 Å². The third-order valence-corrected chi connectivity index (χ3v) is 2.76. The van der Waals surface area contributed by atoms with Gasteiger partial charge in [-0.1, -0.05) is 30.3 Å². The molecule has 0 aliphatic rings. The fourth-order valence-corrected chi connectivity index (χ4v) is 1.71. The SMILES string of the molecule is CSCCNCCCc1ccccc1. The number of aryl methyl sites for hydroxylation is 1. The van der Waals surface area contributed by atoms with Gasteiger partial charge in [-0.15, -0.1) is 0 Å². The summed E-state index contributed by atoms with van der Waals surface area (Å²) in [5.41, 5.74) is 1.44. The second-order valence-electron chi connectivity index (χ2n) is 3.33. The van der Waals surface area contributed by atoms with Gasteiger partial charge in [-0.2, -0.15) is 11.8 Å². The first-order valence-corrected chi connectivity index (χ1v) is 6.56. The lowest BCUT2D eigenvalue weighted by molar-refractivity contribution is 0.676. The van der Waals surface area contributed by atoms with Crippen LogP contribution in [0.5, 0.6) is 0 Å². The summed E-state index contributed by atoms with van der Waals surface area (Å²) >= 11 is 1.89. The van der Waals surface area contributed by atoms with Crippen molar-refractivity contribution in [2.75, 3.05) is 25.1 Å². The molecular formula is C12H19NS. The van der Waals surface area contributed by atoms with E-state index in [0.717, 1.165) is 13.1 Å². The van der Waals surface area contributed by atoms with E-state index in [9.17, 15) is 0 Å². The lowest BCUT2D eigenvalue weighted by Crippen LogP contribution is -2.18. The van der Waals surface area contributed by atoms with Crippen molar-refractivity contribution < 1.29 is 0 Å². The molecule has 0 amide bonds. The van der Waals surface area contributed by atoms with E-state index in [1.165, 1.54) is 24.2 Å². The zero-order valence-corrected chi connectivity index (χ0v) is 9.65. The Labute approximate surface area is 91.3 Å². The van der Waals surface area contributed by atoms with Crippen LogP contribution in [0.15, 0.2) is 30.3 Å². The molecule has 1 rings (SSSR count). The van der Waals surface area contributed by atoms with Crippen molar-refractivity contribution in [3.8, 4) is 0 Å². The molecular weight excluding hydrogens is 190 g/mol. The van der Waals surface area contributed by atoms with Gasteiger partial charge in [0.15, 0.2) is 0 Å². The van der Waals surface area contributed by atoms with Gasteiger partial charge in [0.05, 0.1) is 0 Å². The van der Waals surface area contributed by atoms with Gasteiger partial charge in [0.1, 0.15) is 0 Å². The fourth-order valence-electron chi connectivity index (χ4n) is 1.36. The minimum atomic E-state index is 1.13. The number of rotatable bonds is 7. The van der Waals surface area contributed by atoms with Crippen molar-refractivity contribution in [2.24, 2.45) is 0 Å². The average Bonchev–Trinajstić information content (AvgIpc) is 2.25. The molecule has 1 aromatic rings. The molecule has 0 aliphatic heterocycles. The Morgan fingerprint density at radius 3 is 2.64 bits per heavy atom.